The van der Waals surface area contributed by atoms with Crippen LogP contribution in [0.4, 0.5) is 0 Å². The first kappa shape index (κ1) is 28.1. The number of benzene rings is 1. The van der Waals surface area contributed by atoms with Crippen molar-refractivity contribution < 1.29 is 24.5 Å². The molecule has 36 heavy (non-hydrogen) atoms. The lowest BCUT2D eigenvalue weighted by Crippen LogP contribution is -2.45. The smallest absolute Gasteiger partial charge is 0.309 e. The molecule has 7 heteroatoms. The molecule has 2 heterocycles. The van der Waals surface area contributed by atoms with Gasteiger partial charge in [0.1, 0.15) is 17.7 Å². The van der Waals surface area contributed by atoms with Crippen molar-refractivity contribution in [2.45, 2.75) is 92.0 Å². The molecule has 0 fully saturated rings. The van der Waals surface area contributed by atoms with Gasteiger partial charge in [0.15, 0.2) is 0 Å². The van der Waals surface area contributed by atoms with Gasteiger partial charge < -0.3 is 19.5 Å². The van der Waals surface area contributed by atoms with Gasteiger partial charge in [0.2, 0.25) is 0 Å². The third-order valence-electron chi connectivity index (χ3n) is 8.02. The number of allylic oxidation sites excluding steroid dienone is 1. The van der Waals surface area contributed by atoms with Gasteiger partial charge in [-0.25, -0.2) is 4.98 Å². The molecule has 198 valence electrons. The Morgan fingerprint density at radius 2 is 1.83 bits per heavy atom. The summed E-state index contributed by atoms with van der Waals surface area (Å²) in [4.78, 5) is 30.8. The molecule has 3 rings (SSSR count). The summed E-state index contributed by atoms with van der Waals surface area (Å²) in [7, 11) is 1.97. The van der Waals surface area contributed by atoms with Crippen LogP contribution in [0.25, 0.3) is 11.0 Å². The van der Waals surface area contributed by atoms with Crippen molar-refractivity contribution in [2.24, 2.45) is 24.3 Å². The van der Waals surface area contributed by atoms with Crippen LogP contribution in [-0.2, 0) is 21.4 Å². The number of nitrogens with zero attached hydrogens (tertiary/aromatic N) is 2. The fourth-order valence-electron chi connectivity index (χ4n) is 5.09. The third kappa shape index (κ3) is 6.06. The largest absolute Gasteiger partial charge is 0.457 e. The monoisotopic (exact) mass is 498 g/mol. The highest BCUT2D eigenvalue weighted by Crippen LogP contribution is 2.33. The predicted molar refractivity (Wildman–Crippen MR) is 140 cm³/mol. The van der Waals surface area contributed by atoms with Crippen LogP contribution in [0.5, 0.6) is 0 Å². The number of rotatable bonds is 1. The summed E-state index contributed by atoms with van der Waals surface area (Å²) in [5.41, 5.74) is 2.67. The molecule has 0 radical (unpaired) electrons. The highest BCUT2D eigenvalue weighted by molar-refractivity contribution is 5.88. The van der Waals surface area contributed by atoms with Gasteiger partial charge in [-0.1, -0.05) is 45.4 Å². The summed E-state index contributed by atoms with van der Waals surface area (Å²) in [6, 6.07) is 5.90. The number of ketones is 1. The first-order valence-electron chi connectivity index (χ1n) is 13.0. The molecule has 3 unspecified atom stereocenters. The third-order valence-corrected chi connectivity index (χ3v) is 8.02. The standard InChI is InChI=1S/C29H42N2O5/c1-17-9-8-10-18(2)27(34)19(3)28(35)29(5,6)25(32)16-26(33)36-24(14-11-17)21-12-13-23-22(15-21)30-20(4)31(23)7/h11-13,15,18-19,24-25,27,32,34H,8-10,14,16H2,1-7H3/b17-11-/t18?,19?,24-,25?,27-/m0/s1. The molecule has 0 saturated heterocycles. The number of cyclic esters (lactones) is 1. The molecule has 1 aliphatic rings. The average Bonchev–Trinajstić information content (AvgIpc) is 3.11. The number of carbonyl (C=O) groups excluding carboxylic acids is 2. The fraction of sp³-hybridized carbons (Fsp3) is 0.621. The highest BCUT2D eigenvalue weighted by Gasteiger charge is 2.42. The Hall–Kier alpha value is -2.51. The second kappa shape index (κ2) is 11.3. The van der Waals surface area contributed by atoms with Crippen LogP contribution >= 0.6 is 0 Å². The molecule has 2 N–H and O–H groups in total. The molecule has 0 saturated carbocycles. The van der Waals surface area contributed by atoms with Crippen LogP contribution in [0.1, 0.15) is 84.2 Å². The van der Waals surface area contributed by atoms with Gasteiger partial charge in [0.25, 0.3) is 0 Å². The van der Waals surface area contributed by atoms with E-state index in [0.717, 1.165) is 41.7 Å². The van der Waals surface area contributed by atoms with Crippen LogP contribution in [0.3, 0.4) is 0 Å². The van der Waals surface area contributed by atoms with E-state index in [1.165, 1.54) is 5.57 Å². The number of hydrogen-bond acceptors (Lipinski definition) is 6. The van der Waals surface area contributed by atoms with E-state index in [2.05, 4.69) is 18.0 Å². The van der Waals surface area contributed by atoms with Gasteiger partial charge in [-0.15, -0.1) is 0 Å². The number of imidazole rings is 1. The van der Waals surface area contributed by atoms with E-state index >= 15 is 0 Å². The second-order valence-electron chi connectivity index (χ2n) is 11.2. The highest BCUT2D eigenvalue weighted by atomic mass is 16.5. The van der Waals surface area contributed by atoms with Crippen LogP contribution < -0.4 is 0 Å². The molecular formula is C29H42N2O5. The lowest BCUT2D eigenvalue weighted by Gasteiger charge is -2.34. The Morgan fingerprint density at radius 3 is 2.53 bits per heavy atom. The number of hydrogen-bond donors (Lipinski definition) is 2. The van der Waals surface area contributed by atoms with Crippen molar-refractivity contribution >= 4 is 22.8 Å². The number of aliphatic hydroxyl groups is 2. The van der Waals surface area contributed by atoms with Crippen LogP contribution in [0.15, 0.2) is 29.8 Å². The quantitative estimate of drug-likeness (QED) is 0.425. The van der Waals surface area contributed by atoms with Gasteiger partial charge >= 0.3 is 5.97 Å². The van der Waals surface area contributed by atoms with Crippen molar-refractivity contribution in [2.75, 3.05) is 0 Å². The average molecular weight is 499 g/mol. The first-order chi connectivity index (χ1) is 16.8. The molecule has 1 aromatic carbocycles. The van der Waals surface area contributed by atoms with Crippen molar-refractivity contribution in [1.29, 1.82) is 0 Å². The van der Waals surface area contributed by atoms with Crippen LogP contribution in [0.2, 0.25) is 0 Å². The minimum Gasteiger partial charge on any atom is -0.457 e. The van der Waals surface area contributed by atoms with Gasteiger partial charge in [-0.05, 0) is 56.7 Å². The zero-order valence-corrected chi connectivity index (χ0v) is 22.7. The van der Waals surface area contributed by atoms with E-state index in [1.807, 2.05) is 43.7 Å². The minimum atomic E-state index is -1.23. The minimum absolute atomic E-state index is 0.0520. The summed E-state index contributed by atoms with van der Waals surface area (Å²) in [6.45, 7) is 10.9. The maximum Gasteiger partial charge on any atom is 0.309 e. The topological polar surface area (TPSA) is 102 Å². The maximum atomic E-state index is 13.2. The van der Waals surface area contributed by atoms with E-state index in [4.69, 9.17) is 4.74 Å². The molecule has 0 bridgehead atoms. The van der Waals surface area contributed by atoms with E-state index < -0.39 is 35.6 Å². The Kier molecular flexibility index (Phi) is 8.78. The molecule has 1 aliphatic heterocycles. The number of esters is 1. The Morgan fingerprint density at radius 1 is 1.14 bits per heavy atom. The van der Waals surface area contributed by atoms with E-state index in [-0.39, 0.29) is 18.1 Å². The van der Waals surface area contributed by atoms with Crippen molar-refractivity contribution in [3.63, 3.8) is 0 Å². The molecular weight excluding hydrogens is 456 g/mol. The molecule has 1 aromatic heterocycles. The summed E-state index contributed by atoms with van der Waals surface area (Å²) < 4.78 is 7.91. The van der Waals surface area contributed by atoms with Gasteiger partial charge in [0.05, 0.1) is 35.1 Å². The molecule has 0 spiro atoms. The van der Waals surface area contributed by atoms with Crippen molar-refractivity contribution in [3.8, 4) is 0 Å². The lowest BCUT2D eigenvalue weighted by molar-refractivity contribution is -0.155. The number of aliphatic hydroxyl groups excluding tert-OH is 2. The molecule has 7 nitrogen and oxygen atoms in total. The fourth-order valence-corrected chi connectivity index (χ4v) is 5.09. The van der Waals surface area contributed by atoms with Crippen molar-refractivity contribution in [3.05, 3.63) is 41.2 Å². The number of ether oxygens (including phenoxy) is 1. The van der Waals surface area contributed by atoms with E-state index in [9.17, 15) is 19.8 Å². The summed E-state index contributed by atoms with van der Waals surface area (Å²) in [5, 5.41) is 21.7. The van der Waals surface area contributed by atoms with Gasteiger partial charge in [0, 0.05) is 19.4 Å². The van der Waals surface area contributed by atoms with Crippen LogP contribution in [0, 0.1) is 24.2 Å². The maximum absolute atomic E-state index is 13.2. The Bertz CT molecular complexity index is 1130. The molecule has 2 aromatic rings. The van der Waals surface area contributed by atoms with Gasteiger partial charge in [-0.3, -0.25) is 9.59 Å². The van der Waals surface area contributed by atoms with E-state index in [0.29, 0.717) is 6.42 Å². The van der Waals surface area contributed by atoms with E-state index in [1.54, 1.807) is 20.8 Å². The van der Waals surface area contributed by atoms with Gasteiger partial charge in [-0.2, -0.15) is 0 Å². The number of carbonyl (C=O) groups is 2. The molecule has 0 aliphatic carbocycles. The zero-order valence-electron chi connectivity index (χ0n) is 22.7. The normalized spacial score (nSPS) is 30.6. The second-order valence-corrected chi connectivity index (χ2v) is 11.2. The SMILES string of the molecule is C/C1=C/C[C@@H](c2ccc3c(c2)nc(C)n3C)OC(=O)CC(O)C(C)(C)C(=O)C(C)[C@@H](O)C(C)CCC1. The summed E-state index contributed by atoms with van der Waals surface area (Å²) >= 11 is 0. The zero-order chi connectivity index (χ0) is 26.8. The van der Waals surface area contributed by atoms with Crippen LogP contribution in [-0.4, -0.2) is 43.7 Å². The number of fused-ring (bicyclic) bond motifs is 1. The molecule has 5 atom stereocenters. The number of aryl methyl sites for hydroxylation is 2. The Balaban J connectivity index is 1.93. The molecule has 0 amide bonds. The summed E-state index contributed by atoms with van der Waals surface area (Å²) in [5.74, 6) is -0.616. The number of aromatic nitrogens is 2. The Labute approximate surface area is 214 Å². The summed E-state index contributed by atoms with van der Waals surface area (Å²) in [6.07, 6.45) is 2.28. The predicted octanol–water partition coefficient (Wildman–Crippen LogP) is 4.97. The van der Waals surface area contributed by atoms with Crippen molar-refractivity contribution in [1.82, 2.24) is 9.55 Å². The lowest BCUT2D eigenvalue weighted by atomic mass is 9.73. The first-order valence-corrected chi connectivity index (χ1v) is 13.0. The number of Topliss-reactive ketones (excluding diaryl/α,β-unsaturated/α-hetero) is 1.